The van der Waals surface area contributed by atoms with Crippen molar-refractivity contribution >= 4 is 39.7 Å². The largest absolute Gasteiger partial charge is 0.350 e. The van der Waals surface area contributed by atoms with Gasteiger partial charge >= 0.3 is 0 Å². The van der Waals surface area contributed by atoms with Crippen LogP contribution in [0, 0.1) is 0 Å². The van der Waals surface area contributed by atoms with Crippen molar-refractivity contribution in [1.29, 1.82) is 0 Å². The molecule has 2 heterocycles. The van der Waals surface area contributed by atoms with E-state index in [4.69, 9.17) is 5.73 Å². The van der Waals surface area contributed by atoms with Crippen LogP contribution >= 0.6 is 23.7 Å². The van der Waals surface area contributed by atoms with E-state index in [1.54, 1.807) is 12.1 Å². The molecular weight excluding hydrogens is 358 g/mol. The minimum Gasteiger partial charge on any atom is -0.350 e. The number of hydrogen-bond acceptors (Lipinski definition) is 5. The minimum absolute atomic E-state index is 0. The second kappa shape index (κ2) is 7.94. The molecule has 0 unspecified atom stereocenters. The molecule has 0 spiro atoms. The number of hydrogen-bond donors (Lipinski definition) is 2. The zero-order valence-electron chi connectivity index (χ0n) is 13.4. The average molecular weight is 382 g/mol. The van der Waals surface area contributed by atoms with E-state index in [0.29, 0.717) is 23.8 Å². The lowest BCUT2D eigenvalue weighted by molar-refractivity contribution is -0.121. The number of amides is 1. The van der Waals surface area contributed by atoms with Gasteiger partial charge in [-0.15, -0.1) is 23.7 Å². The highest BCUT2D eigenvalue weighted by atomic mass is 35.5. The lowest BCUT2D eigenvalue weighted by Gasteiger charge is -2.23. The summed E-state index contributed by atoms with van der Waals surface area (Å²) < 4.78 is 26.7. The van der Waals surface area contributed by atoms with Gasteiger partial charge in [0.15, 0.2) is 0 Å². The van der Waals surface area contributed by atoms with Crippen LogP contribution in [0.5, 0.6) is 0 Å². The summed E-state index contributed by atoms with van der Waals surface area (Å²) in [6, 6.07) is 3.30. The van der Waals surface area contributed by atoms with Crippen molar-refractivity contribution in [3.8, 4) is 0 Å². The number of carbonyl (C=O) groups is 1. The first kappa shape index (κ1) is 20.4. The van der Waals surface area contributed by atoms with Gasteiger partial charge < -0.3 is 11.1 Å². The Morgan fingerprint density at radius 1 is 1.35 bits per heavy atom. The molecule has 132 valence electrons. The maximum Gasteiger partial charge on any atom is 0.252 e. The van der Waals surface area contributed by atoms with E-state index in [0.717, 1.165) is 17.7 Å². The van der Waals surface area contributed by atoms with Crippen molar-refractivity contribution < 1.29 is 13.2 Å². The molecule has 1 fully saturated rings. The standard InChI is InChI=1S/C14H23N3O3S2.ClH/c1-14(2,10-15)16-12(18)9-11-5-6-13(21-11)22(19,20)17-7-3-4-8-17;/h5-6H,3-4,7-10,15H2,1-2H3,(H,16,18);1H. The van der Waals surface area contributed by atoms with Crippen LogP contribution < -0.4 is 11.1 Å². The van der Waals surface area contributed by atoms with Crippen molar-refractivity contribution in [3.63, 3.8) is 0 Å². The highest BCUT2D eigenvalue weighted by molar-refractivity contribution is 7.91. The van der Waals surface area contributed by atoms with Gasteiger partial charge in [0.2, 0.25) is 5.91 Å². The lowest BCUT2D eigenvalue weighted by Crippen LogP contribution is -2.49. The molecule has 0 saturated carbocycles. The van der Waals surface area contributed by atoms with Crippen LogP contribution in [-0.4, -0.2) is 43.8 Å². The van der Waals surface area contributed by atoms with Crippen LogP contribution in [-0.2, 0) is 21.2 Å². The summed E-state index contributed by atoms with van der Waals surface area (Å²) in [5, 5.41) is 2.84. The molecular formula is C14H24ClN3O3S2. The minimum atomic E-state index is -3.39. The number of sulfonamides is 1. The topological polar surface area (TPSA) is 92.5 Å². The van der Waals surface area contributed by atoms with Crippen LogP contribution in [0.4, 0.5) is 0 Å². The molecule has 1 aromatic heterocycles. The zero-order chi connectivity index (χ0) is 16.4. The molecule has 1 aliphatic heterocycles. The summed E-state index contributed by atoms with van der Waals surface area (Å²) >= 11 is 1.17. The maximum absolute atomic E-state index is 12.4. The molecule has 0 aromatic carbocycles. The normalized spacial score (nSPS) is 16.1. The van der Waals surface area contributed by atoms with Crippen molar-refractivity contribution in [2.24, 2.45) is 5.73 Å². The Morgan fingerprint density at radius 3 is 2.52 bits per heavy atom. The van der Waals surface area contributed by atoms with Crippen LogP contribution in [0.25, 0.3) is 0 Å². The van der Waals surface area contributed by atoms with Gasteiger partial charge in [-0.1, -0.05) is 0 Å². The molecule has 23 heavy (non-hydrogen) atoms. The first-order valence-electron chi connectivity index (χ1n) is 7.34. The third kappa shape index (κ3) is 5.15. The van der Waals surface area contributed by atoms with Gasteiger partial charge in [-0.05, 0) is 38.8 Å². The summed E-state index contributed by atoms with van der Waals surface area (Å²) in [4.78, 5) is 12.7. The SMILES string of the molecule is CC(C)(CN)NC(=O)Cc1ccc(S(=O)(=O)N2CCCC2)s1.Cl. The van der Waals surface area contributed by atoms with Crippen molar-refractivity contribution in [1.82, 2.24) is 9.62 Å². The van der Waals surface area contributed by atoms with Gasteiger partial charge in [-0.25, -0.2) is 8.42 Å². The predicted octanol–water partition coefficient (Wildman–Crippen LogP) is 1.35. The first-order chi connectivity index (χ1) is 10.2. The fourth-order valence-corrected chi connectivity index (χ4v) is 5.30. The zero-order valence-corrected chi connectivity index (χ0v) is 15.8. The first-order valence-corrected chi connectivity index (χ1v) is 9.60. The third-order valence-electron chi connectivity index (χ3n) is 3.62. The molecule has 3 N–H and O–H groups in total. The molecule has 0 aliphatic carbocycles. The molecule has 2 rings (SSSR count). The summed E-state index contributed by atoms with van der Waals surface area (Å²) in [7, 11) is -3.39. The number of halogens is 1. The molecule has 0 bridgehead atoms. The molecule has 0 radical (unpaired) electrons. The average Bonchev–Trinajstić information content (AvgIpc) is 3.09. The molecule has 1 aliphatic rings. The molecule has 1 saturated heterocycles. The van der Waals surface area contributed by atoms with Gasteiger partial charge in [-0.2, -0.15) is 4.31 Å². The number of nitrogens with two attached hydrogens (primary N) is 1. The Bertz CT molecular complexity index is 637. The van der Waals surface area contributed by atoms with Gasteiger partial charge in [0, 0.05) is 30.1 Å². The number of rotatable bonds is 6. The van der Waals surface area contributed by atoms with E-state index >= 15 is 0 Å². The van der Waals surface area contributed by atoms with Gasteiger partial charge in [0.1, 0.15) is 4.21 Å². The Hall–Kier alpha value is -0.670. The van der Waals surface area contributed by atoms with Crippen molar-refractivity contribution in [3.05, 3.63) is 17.0 Å². The molecule has 1 aromatic rings. The van der Waals surface area contributed by atoms with E-state index < -0.39 is 15.6 Å². The third-order valence-corrected chi connectivity index (χ3v) is 7.07. The van der Waals surface area contributed by atoms with Crippen LogP contribution in [0.15, 0.2) is 16.3 Å². The Balaban J connectivity index is 0.00000264. The van der Waals surface area contributed by atoms with Crippen LogP contribution in [0.3, 0.4) is 0 Å². The Kier molecular flexibility index (Phi) is 7.03. The van der Waals surface area contributed by atoms with E-state index in [2.05, 4.69) is 5.32 Å². The summed E-state index contributed by atoms with van der Waals surface area (Å²) in [6.45, 7) is 5.21. The fourth-order valence-electron chi connectivity index (χ4n) is 2.28. The molecule has 6 nitrogen and oxygen atoms in total. The number of carbonyl (C=O) groups excluding carboxylic acids is 1. The molecule has 9 heteroatoms. The van der Waals surface area contributed by atoms with E-state index in [1.807, 2.05) is 13.8 Å². The van der Waals surface area contributed by atoms with Gasteiger partial charge in [0.05, 0.1) is 6.42 Å². The summed E-state index contributed by atoms with van der Waals surface area (Å²) in [5.74, 6) is -0.151. The number of thiophene rings is 1. The molecule has 0 atom stereocenters. The smallest absolute Gasteiger partial charge is 0.252 e. The lowest BCUT2D eigenvalue weighted by atomic mass is 10.1. The Morgan fingerprint density at radius 2 is 1.96 bits per heavy atom. The van der Waals surface area contributed by atoms with Crippen LogP contribution in [0.1, 0.15) is 31.6 Å². The second-order valence-corrected chi connectivity index (χ2v) is 9.48. The highest BCUT2D eigenvalue weighted by Gasteiger charge is 2.28. The monoisotopic (exact) mass is 381 g/mol. The van der Waals surface area contributed by atoms with Crippen LogP contribution in [0.2, 0.25) is 0 Å². The van der Waals surface area contributed by atoms with Crippen molar-refractivity contribution in [2.45, 2.75) is 42.9 Å². The van der Waals surface area contributed by atoms with Gasteiger partial charge in [0.25, 0.3) is 10.0 Å². The second-order valence-electron chi connectivity index (χ2n) is 6.14. The van der Waals surface area contributed by atoms with E-state index in [1.165, 1.54) is 15.6 Å². The highest BCUT2D eigenvalue weighted by Crippen LogP contribution is 2.27. The molecule has 1 amide bonds. The Labute approximate surface area is 147 Å². The van der Waals surface area contributed by atoms with E-state index in [-0.39, 0.29) is 24.7 Å². The quantitative estimate of drug-likeness (QED) is 0.777. The maximum atomic E-state index is 12.4. The van der Waals surface area contributed by atoms with Gasteiger partial charge in [-0.3, -0.25) is 4.79 Å². The number of nitrogens with zero attached hydrogens (tertiary/aromatic N) is 1. The fraction of sp³-hybridized carbons (Fsp3) is 0.643. The summed E-state index contributed by atoms with van der Waals surface area (Å²) in [6.07, 6.45) is 1.99. The van der Waals surface area contributed by atoms with Crippen molar-refractivity contribution in [2.75, 3.05) is 19.6 Å². The van der Waals surface area contributed by atoms with E-state index in [9.17, 15) is 13.2 Å². The number of nitrogens with one attached hydrogen (secondary N) is 1. The predicted molar refractivity (Wildman–Crippen MR) is 94.5 cm³/mol. The summed E-state index contributed by atoms with van der Waals surface area (Å²) in [5.41, 5.74) is 5.12.